The molecule has 0 amide bonds. The van der Waals surface area contributed by atoms with Crippen LogP contribution in [0.2, 0.25) is 0 Å². The highest BCUT2D eigenvalue weighted by molar-refractivity contribution is 14.1. The average molecular weight is 600 g/mol. The fourth-order valence-electron chi connectivity index (χ4n) is 1.47. The molecule has 0 aromatic heterocycles. The van der Waals surface area contributed by atoms with Crippen LogP contribution in [0.25, 0.3) is 0 Å². The number of unbranched alkanes of at least 4 members (excludes halogenated alkanes) is 2. The number of anilines is 2. The maximum atomic E-state index is 12.1. The second-order valence-electron chi connectivity index (χ2n) is 3.99. The Hall–Kier alpha value is 0.480. The van der Waals surface area contributed by atoms with E-state index in [1.807, 2.05) is 0 Å². The summed E-state index contributed by atoms with van der Waals surface area (Å²) in [4.78, 5) is 12.1. The third-order valence-corrected chi connectivity index (χ3v) is 5.97. The molecule has 0 fully saturated rings. The zero-order valence-electron chi connectivity index (χ0n) is 10.4. The van der Waals surface area contributed by atoms with Gasteiger partial charge in [-0.3, -0.25) is 0 Å². The first-order chi connectivity index (χ1) is 8.91. The standard InChI is InChI=1S/C12H15I3N2O2/c1-2-3-4-5-19-12(18)6-7(13)10(16)9(15)11(17)8(6)14/h2-5,16-17H2,1H3. The van der Waals surface area contributed by atoms with Crippen molar-refractivity contribution in [2.24, 2.45) is 0 Å². The van der Waals surface area contributed by atoms with Crippen LogP contribution in [0.1, 0.15) is 36.5 Å². The summed E-state index contributed by atoms with van der Waals surface area (Å²) < 4.78 is 7.48. The Labute approximate surface area is 153 Å². The number of rotatable bonds is 5. The van der Waals surface area contributed by atoms with E-state index in [0.29, 0.717) is 30.7 Å². The molecule has 0 bridgehead atoms. The van der Waals surface area contributed by atoms with Crippen molar-refractivity contribution in [3.8, 4) is 0 Å². The molecule has 1 rings (SSSR count). The van der Waals surface area contributed by atoms with Gasteiger partial charge in [-0.2, -0.15) is 0 Å². The molecular weight excluding hydrogens is 585 g/mol. The normalized spacial score (nSPS) is 10.5. The molecular formula is C12H15I3N2O2. The first-order valence-corrected chi connectivity index (χ1v) is 9.03. The van der Waals surface area contributed by atoms with E-state index in [0.717, 1.165) is 22.8 Å². The number of nitrogens with two attached hydrogens (primary N) is 2. The summed E-state index contributed by atoms with van der Waals surface area (Å²) in [5.74, 6) is -0.347. The molecule has 0 heterocycles. The minimum Gasteiger partial charge on any atom is -0.462 e. The molecule has 0 radical (unpaired) electrons. The predicted molar refractivity (Wildman–Crippen MR) is 103 cm³/mol. The summed E-state index contributed by atoms with van der Waals surface area (Å²) in [6.07, 6.45) is 3.03. The number of nitrogen functional groups attached to an aromatic ring is 2. The van der Waals surface area contributed by atoms with Crippen LogP contribution in [-0.2, 0) is 4.74 Å². The van der Waals surface area contributed by atoms with Gasteiger partial charge in [-0.05, 0) is 74.2 Å². The van der Waals surface area contributed by atoms with Gasteiger partial charge in [0.15, 0.2) is 0 Å². The van der Waals surface area contributed by atoms with Crippen molar-refractivity contribution in [1.82, 2.24) is 0 Å². The fourth-order valence-corrected chi connectivity index (χ4v) is 5.08. The van der Waals surface area contributed by atoms with Gasteiger partial charge in [-0.25, -0.2) is 4.79 Å². The summed E-state index contributed by atoms with van der Waals surface area (Å²) >= 11 is 6.22. The van der Waals surface area contributed by atoms with Gasteiger partial charge < -0.3 is 16.2 Å². The van der Waals surface area contributed by atoms with Gasteiger partial charge in [-0.15, -0.1) is 0 Å². The highest BCUT2D eigenvalue weighted by atomic mass is 127. The molecule has 106 valence electrons. The fraction of sp³-hybridized carbons (Fsp3) is 0.417. The number of benzene rings is 1. The molecule has 0 saturated heterocycles. The summed E-state index contributed by atoms with van der Waals surface area (Å²) in [5, 5.41) is 0. The number of carbonyl (C=O) groups excluding carboxylic acids is 1. The van der Waals surface area contributed by atoms with Crippen molar-refractivity contribution in [3.63, 3.8) is 0 Å². The molecule has 0 atom stereocenters. The summed E-state index contributed by atoms with van der Waals surface area (Å²) in [5.41, 5.74) is 13.5. The molecule has 0 saturated carbocycles. The van der Waals surface area contributed by atoms with Crippen LogP contribution in [0.3, 0.4) is 0 Å². The monoisotopic (exact) mass is 600 g/mol. The van der Waals surface area contributed by atoms with E-state index in [2.05, 4.69) is 74.7 Å². The van der Waals surface area contributed by atoms with Crippen LogP contribution in [0.15, 0.2) is 0 Å². The number of halogens is 3. The van der Waals surface area contributed by atoms with Gasteiger partial charge >= 0.3 is 5.97 Å². The minimum absolute atomic E-state index is 0.347. The molecule has 0 aliphatic carbocycles. The minimum atomic E-state index is -0.347. The molecule has 0 unspecified atom stereocenters. The first-order valence-electron chi connectivity index (χ1n) is 5.80. The number of hydrogen-bond donors (Lipinski definition) is 2. The van der Waals surface area contributed by atoms with Crippen molar-refractivity contribution >= 4 is 85.1 Å². The SMILES string of the molecule is CCCCCOC(=O)c1c(I)c(N)c(I)c(N)c1I. The zero-order chi connectivity index (χ0) is 14.6. The van der Waals surface area contributed by atoms with Crippen molar-refractivity contribution < 1.29 is 9.53 Å². The lowest BCUT2D eigenvalue weighted by atomic mass is 10.2. The zero-order valence-corrected chi connectivity index (χ0v) is 16.9. The van der Waals surface area contributed by atoms with Crippen LogP contribution < -0.4 is 11.5 Å². The van der Waals surface area contributed by atoms with Gasteiger partial charge in [0.2, 0.25) is 0 Å². The van der Waals surface area contributed by atoms with E-state index in [1.54, 1.807) is 0 Å². The van der Waals surface area contributed by atoms with Crippen molar-refractivity contribution in [1.29, 1.82) is 0 Å². The van der Waals surface area contributed by atoms with Crippen molar-refractivity contribution in [2.45, 2.75) is 26.2 Å². The number of ether oxygens (including phenoxy) is 1. The lowest BCUT2D eigenvalue weighted by Gasteiger charge is -2.14. The highest BCUT2D eigenvalue weighted by Gasteiger charge is 2.22. The maximum absolute atomic E-state index is 12.1. The quantitative estimate of drug-likeness (QED) is 0.232. The third-order valence-electron chi connectivity index (χ3n) is 2.57. The van der Waals surface area contributed by atoms with Crippen LogP contribution >= 0.6 is 67.8 Å². The van der Waals surface area contributed by atoms with Gasteiger partial charge in [0.05, 0.1) is 34.3 Å². The molecule has 4 N–H and O–H groups in total. The summed E-state index contributed by atoms with van der Waals surface area (Å²) in [7, 11) is 0. The highest BCUT2D eigenvalue weighted by Crippen LogP contribution is 2.35. The van der Waals surface area contributed by atoms with Gasteiger partial charge in [-0.1, -0.05) is 19.8 Å². The van der Waals surface area contributed by atoms with E-state index in [1.165, 1.54) is 0 Å². The maximum Gasteiger partial charge on any atom is 0.340 e. The van der Waals surface area contributed by atoms with Gasteiger partial charge in [0.1, 0.15) is 0 Å². The lowest BCUT2D eigenvalue weighted by molar-refractivity contribution is 0.0496. The number of hydrogen-bond acceptors (Lipinski definition) is 4. The number of esters is 1. The van der Waals surface area contributed by atoms with E-state index < -0.39 is 0 Å². The molecule has 0 aliphatic rings. The van der Waals surface area contributed by atoms with E-state index in [9.17, 15) is 4.79 Å². The van der Waals surface area contributed by atoms with Crippen LogP contribution in [0.4, 0.5) is 11.4 Å². The lowest BCUT2D eigenvalue weighted by Crippen LogP contribution is -2.14. The average Bonchev–Trinajstić information content (AvgIpc) is 2.39. The van der Waals surface area contributed by atoms with E-state index in [4.69, 9.17) is 16.2 Å². The molecule has 0 aliphatic heterocycles. The Morgan fingerprint density at radius 3 is 2.05 bits per heavy atom. The molecule has 0 spiro atoms. The van der Waals surface area contributed by atoms with Crippen molar-refractivity contribution in [3.05, 3.63) is 16.3 Å². The van der Waals surface area contributed by atoms with Crippen LogP contribution in [-0.4, -0.2) is 12.6 Å². The Kier molecular flexibility index (Phi) is 7.43. The molecule has 7 heteroatoms. The van der Waals surface area contributed by atoms with Crippen molar-refractivity contribution in [2.75, 3.05) is 18.1 Å². The van der Waals surface area contributed by atoms with Crippen LogP contribution in [0, 0.1) is 10.7 Å². The smallest absolute Gasteiger partial charge is 0.340 e. The Bertz CT molecular complexity index is 463. The molecule has 1 aromatic rings. The predicted octanol–water partition coefficient (Wildman–Crippen LogP) is 4.01. The number of carbonyl (C=O) groups is 1. The molecule has 19 heavy (non-hydrogen) atoms. The third kappa shape index (κ3) is 4.22. The topological polar surface area (TPSA) is 78.3 Å². The van der Waals surface area contributed by atoms with Gasteiger partial charge in [0.25, 0.3) is 0 Å². The van der Waals surface area contributed by atoms with E-state index in [-0.39, 0.29) is 5.97 Å². The molecule has 4 nitrogen and oxygen atoms in total. The Morgan fingerprint density at radius 2 is 1.58 bits per heavy atom. The Balaban J connectivity index is 2.97. The van der Waals surface area contributed by atoms with Crippen LogP contribution in [0.5, 0.6) is 0 Å². The van der Waals surface area contributed by atoms with E-state index >= 15 is 0 Å². The largest absolute Gasteiger partial charge is 0.462 e. The summed E-state index contributed by atoms with van der Waals surface area (Å²) in [6.45, 7) is 2.54. The van der Waals surface area contributed by atoms with Gasteiger partial charge in [0, 0.05) is 0 Å². The second kappa shape index (κ2) is 8.05. The summed E-state index contributed by atoms with van der Waals surface area (Å²) in [6, 6.07) is 0. The second-order valence-corrected chi connectivity index (χ2v) is 7.22. The first kappa shape index (κ1) is 17.5. The Morgan fingerprint density at radius 1 is 1.05 bits per heavy atom. The molecule has 1 aromatic carbocycles.